The SMILES string of the molecule is CCOC(=O)CN=C1C=C(N2C(=O)C3=C(CCCC3)C2=O)C(F)C=C1Cl.CCOC(=O)CNc1cc(N2C(=O)C3=C(CCCC3)C2=O)c(F)cc1Cl. The normalized spacial score (nSPS) is 20.7. The molecule has 1 N–H and O–H groups in total. The average molecular weight is 762 g/mol. The lowest BCUT2D eigenvalue weighted by Gasteiger charge is -2.23. The number of halogens is 4. The van der Waals surface area contributed by atoms with Crippen LogP contribution in [0, 0.1) is 5.82 Å². The number of hydrogen-bond acceptors (Lipinski definition) is 10. The number of ether oxygens (including phenoxy) is 2. The van der Waals surface area contributed by atoms with Gasteiger partial charge in [0.05, 0.1) is 46.1 Å². The number of hydrogen-bond donors (Lipinski definition) is 1. The summed E-state index contributed by atoms with van der Waals surface area (Å²) in [6, 6.07) is 2.29. The Hall–Kier alpha value is -4.69. The summed E-state index contributed by atoms with van der Waals surface area (Å²) in [4.78, 5) is 79.1. The van der Waals surface area contributed by atoms with E-state index < -0.39 is 47.6 Å². The third-order valence-corrected chi connectivity index (χ3v) is 9.47. The predicted molar refractivity (Wildman–Crippen MR) is 188 cm³/mol. The number of esters is 2. The molecule has 2 aliphatic heterocycles. The molecule has 1 aromatic rings. The first-order valence-electron chi connectivity index (χ1n) is 16.9. The van der Waals surface area contributed by atoms with E-state index in [1.54, 1.807) is 13.8 Å². The lowest BCUT2D eigenvalue weighted by Crippen LogP contribution is -2.36. The molecule has 0 fully saturated rings. The van der Waals surface area contributed by atoms with Crippen LogP contribution >= 0.6 is 23.2 Å². The third-order valence-electron chi connectivity index (χ3n) is 8.83. The average Bonchev–Trinajstić information content (AvgIpc) is 3.52. The minimum atomic E-state index is -1.71. The Kier molecular flexibility index (Phi) is 12.4. The van der Waals surface area contributed by atoms with Gasteiger partial charge in [0.2, 0.25) is 0 Å². The van der Waals surface area contributed by atoms with Crippen LogP contribution in [0.3, 0.4) is 0 Å². The monoisotopic (exact) mass is 760 g/mol. The van der Waals surface area contributed by atoms with Crippen LogP contribution in [0.1, 0.15) is 65.2 Å². The molecule has 0 saturated heterocycles. The van der Waals surface area contributed by atoms with E-state index in [4.69, 9.17) is 32.7 Å². The van der Waals surface area contributed by atoms with Gasteiger partial charge in [-0.15, -0.1) is 0 Å². The Bertz CT molecular complexity index is 1830. The van der Waals surface area contributed by atoms with Crippen molar-refractivity contribution < 1.29 is 47.0 Å². The van der Waals surface area contributed by atoms with Crippen molar-refractivity contribution in [2.75, 3.05) is 36.5 Å². The minimum absolute atomic E-state index is 0.0161. The van der Waals surface area contributed by atoms with E-state index in [-0.39, 0.29) is 59.1 Å². The number of nitrogens with zero attached hydrogens (tertiary/aromatic N) is 3. The highest BCUT2D eigenvalue weighted by atomic mass is 35.5. The standard InChI is InChI=1S/2C18H18ClFN2O4/c2*1-2-26-16(23)9-21-14-8-15(13(20)7-12(14)19)22-17(24)10-5-3-4-6-11(10)18(22)25/h7-8,21H,2-6,9H2,1H3;7-8,13H,2-6,9H2,1H3. The van der Waals surface area contributed by atoms with Crippen LogP contribution in [-0.2, 0) is 38.2 Å². The van der Waals surface area contributed by atoms with Gasteiger partial charge in [0, 0.05) is 22.3 Å². The number of amides is 4. The van der Waals surface area contributed by atoms with Gasteiger partial charge < -0.3 is 14.8 Å². The maximum Gasteiger partial charge on any atom is 0.327 e. The smallest absolute Gasteiger partial charge is 0.327 e. The number of imide groups is 2. The van der Waals surface area contributed by atoms with Crippen molar-refractivity contribution in [2.45, 2.75) is 71.4 Å². The quantitative estimate of drug-likeness (QED) is 0.244. The number of rotatable bonds is 9. The fourth-order valence-corrected chi connectivity index (χ4v) is 6.85. The zero-order valence-electron chi connectivity index (χ0n) is 28.5. The second-order valence-electron chi connectivity index (χ2n) is 12.2. The van der Waals surface area contributed by atoms with Gasteiger partial charge in [0.1, 0.15) is 18.9 Å². The van der Waals surface area contributed by atoms with E-state index in [2.05, 4.69) is 10.3 Å². The van der Waals surface area contributed by atoms with Crippen molar-refractivity contribution in [3.8, 4) is 0 Å². The van der Waals surface area contributed by atoms with Crippen molar-refractivity contribution >= 4 is 75.9 Å². The highest BCUT2D eigenvalue weighted by Crippen LogP contribution is 2.40. The summed E-state index contributed by atoms with van der Waals surface area (Å²) < 4.78 is 38.6. The highest BCUT2D eigenvalue weighted by molar-refractivity contribution is 6.46. The van der Waals surface area contributed by atoms with Crippen molar-refractivity contribution in [3.05, 3.63) is 68.1 Å². The summed E-state index contributed by atoms with van der Waals surface area (Å²) in [7, 11) is 0. The fourth-order valence-electron chi connectivity index (χ4n) is 6.41. The molecule has 1 unspecified atom stereocenters. The number of nitrogens with one attached hydrogen (secondary N) is 1. The van der Waals surface area contributed by atoms with Crippen LogP contribution in [0.4, 0.5) is 20.2 Å². The van der Waals surface area contributed by atoms with Crippen LogP contribution in [0.15, 0.2) is 62.3 Å². The molecule has 3 aliphatic carbocycles. The number of benzene rings is 1. The number of alkyl halides is 1. The molecular weight excluding hydrogens is 725 g/mol. The molecule has 4 amide bonds. The number of carbonyl (C=O) groups is 6. The maximum atomic E-state index is 14.5. The summed E-state index contributed by atoms with van der Waals surface area (Å²) in [5, 5.41) is 2.80. The van der Waals surface area contributed by atoms with Crippen LogP contribution in [-0.4, -0.2) is 78.7 Å². The molecule has 1 atom stereocenters. The molecule has 0 aromatic heterocycles. The van der Waals surface area contributed by atoms with Gasteiger partial charge in [-0.3, -0.25) is 33.8 Å². The van der Waals surface area contributed by atoms with Gasteiger partial charge in [0.25, 0.3) is 23.6 Å². The van der Waals surface area contributed by atoms with Crippen molar-refractivity contribution in [2.24, 2.45) is 4.99 Å². The van der Waals surface area contributed by atoms with Crippen LogP contribution in [0.2, 0.25) is 5.02 Å². The molecule has 0 bridgehead atoms. The molecule has 0 saturated carbocycles. The van der Waals surface area contributed by atoms with Gasteiger partial charge in [-0.25, -0.2) is 18.6 Å². The lowest BCUT2D eigenvalue weighted by atomic mass is 9.93. The van der Waals surface area contributed by atoms with E-state index in [0.29, 0.717) is 48.0 Å². The van der Waals surface area contributed by atoms with Gasteiger partial charge >= 0.3 is 11.9 Å². The maximum absolute atomic E-state index is 14.5. The van der Waals surface area contributed by atoms with Crippen molar-refractivity contribution in [3.63, 3.8) is 0 Å². The number of allylic oxidation sites excluding steroid dienone is 3. The molecule has 0 spiro atoms. The summed E-state index contributed by atoms with van der Waals surface area (Å²) in [5.41, 5.74) is 1.95. The molecule has 1 aromatic carbocycles. The van der Waals surface area contributed by atoms with E-state index >= 15 is 0 Å². The summed E-state index contributed by atoms with van der Waals surface area (Å²) >= 11 is 12.0. The topological polar surface area (TPSA) is 152 Å². The lowest BCUT2D eigenvalue weighted by molar-refractivity contribution is -0.142. The van der Waals surface area contributed by atoms with Crippen molar-refractivity contribution in [1.29, 1.82) is 0 Å². The van der Waals surface area contributed by atoms with E-state index in [1.165, 1.54) is 12.1 Å². The Morgan fingerprint density at radius 2 is 1.33 bits per heavy atom. The first-order valence-corrected chi connectivity index (χ1v) is 17.7. The van der Waals surface area contributed by atoms with Crippen LogP contribution < -0.4 is 10.2 Å². The van der Waals surface area contributed by atoms with E-state index in [1.807, 2.05) is 0 Å². The number of carbonyl (C=O) groups excluding carboxylic acids is 6. The summed E-state index contributed by atoms with van der Waals surface area (Å²) in [5.74, 6) is -3.75. The minimum Gasteiger partial charge on any atom is -0.465 e. The van der Waals surface area contributed by atoms with Crippen molar-refractivity contribution in [1.82, 2.24) is 4.90 Å². The first-order chi connectivity index (χ1) is 24.9. The second kappa shape index (κ2) is 16.8. The molecule has 52 heavy (non-hydrogen) atoms. The van der Waals surface area contributed by atoms with E-state index in [0.717, 1.165) is 47.6 Å². The zero-order chi connectivity index (χ0) is 37.7. The molecule has 5 aliphatic rings. The Morgan fingerprint density at radius 1 is 0.827 bits per heavy atom. The Labute approximate surface area is 308 Å². The second-order valence-corrected chi connectivity index (χ2v) is 13.0. The zero-order valence-corrected chi connectivity index (χ0v) is 30.0. The summed E-state index contributed by atoms with van der Waals surface area (Å²) in [6.45, 7) is 3.34. The Balaban J connectivity index is 0.000000201. The van der Waals surface area contributed by atoms with Gasteiger partial charge in [0.15, 0.2) is 6.17 Å². The van der Waals surface area contributed by atoms with Crippen LogP contribution in [0.25, 0.3) is 0 Å². The van der Waals surface area contributed by atoms with E-state index in [9.17, 15) is 37.5 Å². The molecule has 12 nitrogen and oxygen atoms in total. The largest absolute Gasteiger partial charge is 0.465 e. The highest BCUT2D eigenvalue weighted by Gasteiger charge is 2.43. The molecule has 16 heteroatoms. The predicted octanol–water partition coefficient (Wildman–Crippen LogP) is 5.79. The molecular formula is C36H36Cl2F2N4O8. The molecule has 2 heterocycles. The summed E-state index contributed by atoms with van der Waals surface area (Å²) in [6.07, 6.45) is 6.06. The molecule has 0 radical (unpaired) electrons. The molecule has 276 valence electrons. The van der Waals surface area contributed by atoms with Crippen LogP contribution in [0.5, 0.6) is 0 Å². The Morgan fingerprint density at radius 3 is 1.85 bits per heavy atom. The number of aliphatic imine (C=N–C) groups is 1. The fraction of sp³-hybridized carbons (Fsp3) is 0.417. The van der Waals surface area contributed by atoms with Gasteiger partial charge in [-0.05, 0) is 89.5 Å². The van der Waals surface area contributed by atoms with Gasteiger partial charge in [-0.2, -0.15) is 0 Å². The molecule has 6 rings (SSSR count). The van der Waals surface area contributed by atoms with Gasteiger partial charge in [-0.1, -0.05) is 23.2 Å². The number of anilines is 2. The third kappa shape index (κ3) is 8.02. The first kappa shape index (κ1) is 38.5.